The smallest absolute Gasteiger partial charge is 0.417 e. The van der Waals surface area contributed by atoms with Crippen LogP contribution in [0.3, 0.4) is 0 Å². The fraction of sp³-hybridized carbons (Fsp3) is 0.438. The van der Waals surface area contributed by atoms with Crippen molar-refractivity contribution in [2.24, 2.45) is 5.73 Å². The van der Waals surface area contributed by atoms with Gasteiger partial charge >= 0.3 is 6.18 Å². The molecule has 0 aliphatic carbocycles. The Balaban J connectivity index is 0.00000462. The predicted octanol–water partition coefficient (Wildman–Crippen LogP) is 7.56. The lowest BCUT2D eigenvalue weighted by Crippen LogP contribution is -2.37. The summed E-state index contributed by atoms with van der Waals surface area (Å²) in [6.45, 7) is 4.86. The third-order valence-electron chi connectivity index (χ3n) is 7.49. The Kier molecular flexibility index (Phi) is 13.3. The van der Waals surface area contributed by atoms with Crippen molar-refractivity contribution in [3.05, 3.63) is 100 Å². The number of hydrogen-bond acceptors (Lipinski definition) is 4. The molecule has 0 amide bonds. The molecule has 1 aliphatic rings. The molecule has 1 fully saturated rings. The molecule has 41 heavy (non-hydrogen) atoms. The monoisotopic (exact) mass is 610 g/mol. The van der Waals surface area contributed by atoms with Crippen molar-refractivity contribution in [3.63, 3.8) is 0 Å². The SMILES string of the molecule is Cl.NC[C@@H](CCCC(Cc1cccc(C(F)(F)F)c1Cl)Oc1cccc(CCN2CCOCC2)c1)c1ccccc1. The van der Waals surface area contributed by atoms with Gasteiger partial charge in [-0.05, 0) is 73.0 Å². The summed E-state index contributed by atoms with van der Waals surface area (Å²) < 4.78 is 52.4. The fourth-order valence-electron chi connectivity index (χ4n) is 5.22. The Morgan fingerprint density at radius 1 is 0.951 bits per heavy atom. The number of nitrogens with two attached hydrogens (primary N) is 1. The Hall–Kier alpha value is -2.29. The molecular formula is C32H39Cl2F3N2O2. The first-order chi connectivity index (χ1) is 19.3. The second-order valence-electron chi connectivity index (χ2n) is 10.3. The number of halogens is 5. The average Bonchev–Trinajstić information content (AvgIpc) is 2.96. The molecule has 0 bridgehead atoms. The Morgan fingerprint density at radius 3 is 2.39 bits per heavy atom. The van der Waals surface area contributed by atoms with Gasteiger partial charge in [0.15, 0.2) is 0 Å². The van der Waals surface area contributed by atoms with Crippen LogP contribution >= 0.6 is 24.0 Å². The Morgan fingerprint density at radius 2 is 1.68 bits per heavy atom. The van der Waals surface area contributed by atoms with Crippen LogP contribution in [-0.4, -0.2) is 50.4 Å². The van der Waals surface area contributed by atoms with Crippen LogP contribution in [0.2, 0.25) is 5.02 Å². The van der Waals surface area contributed by atoms with Crippen LogP contribution in [0.1, 0.15) is 47.4 Å². The molecule has 1 heterocycles. The number of nitrogens with zero attached hydrogens (tertiary/aromatic N) is 1. The van der Waals surface area contributed by atoms with E-state index in [1.807, 2.05) is 36.4 Å². The van der Waals surface area contributed by atoms with Crippen molar-refractivity contribution >= 4 is 24.0 Å². The summed E-state index contributed by atoms with van der Waals surface area (Å²) >= 11 is 6.26. The molecule has 9 heteroatoms. The molecule has 2 atom stereocenters. The summed E-state index contributed by atoms with van der Waals surface area (Å²) in [4.78, 5) is 2.38. The van der Waals surface area contributed by atoms with Gasteiger partial charge in [0.1, 0.15) is 11.9 Å². The zero-order chi connectivity index (χ0) is 28.4. The lowest BCUT2D eigenvalue weighted by Gasteiger charge is -2.26. The summed E-state index contributed by atoms with van der Waals surface area (Å²) in [7, 11) is 0. The van der Waals surface area contributed by atoms with Gasteiger partial charge in [0, 0.05) is 26.1 Å². The molecule has 3 aromatic rings. The van der Waals surface area contributed by atoms with E-state index in [1.165, 1.54) is 11.6 Å². The van der Waals surface area contributed by atoms with Gasteiger partial charge < -0.3 is 15.2 Å². The predicted molar refractivity (Wildman–Crippen MR) is 161 cm³/mol. The molecule has 224 valence electrons. The van der Waals surface area contributed by atoms with E-state index in [0.29, 0.717) is 24.3 Å². The maximum Gasteiger partial charge on any atom is 0.417 e. The van der Waals surface area contributed by atoms with E-state index in [0.717, 1.165) is 63.7 Å². The molecule has 0 aromatic heterocycles. The summed E-state index contributed by atoms with van der Waals surface area (Å²) in [5.41, 5.74) is 8.05. The van der Waals surface area contributed by atoms with Crippen LogP contribution < -0.4 is 10.5 Å². The van der Waals surface area contributed by atoms with Crippen molar-refractivity contribution in [1.82, 2.24) is 4.90 Å². The normalized spacial score (nSPS) is 15.6. The summed E-state index contributed by atoms with van der Waals surface area (Å²) in [5.74, 6) is 0.925. The van der Waals surface area contributed by atoms with Crippen molar-refractivity contribution in [2.45, 2.75) is 50.3 Å². The molecule has 1 aliphatic heterocycles. The van der Waals surface area contributed by atoms with E-state index in [2.05, 4.69) is 23.1 Å². The van der Waals surface area contributed by atoms with Gasteiger partial charge in [-0.15, -0.1) is 12.4 Å². The highest BCUT2D eigenvalue weighted by atomic mass is 35.5. The molecule has 2 N–H and O–H groups in total. The van der Waals surface area contributed by atoms with Gasteiger partial charge in [-0.2, -0.15) is 13.2 Å². The molecule has 1 unspecified atom stereocenters. The van der Waals surface area contributed by atoms with Crippen LogP contribution in [0.4, 0.5) is 13.2 Å². The van der Waals surface area contributed by atoms with Crippen molar-refractivity contribution < 1.29 is 22.6 Å². The Bertz CT molecular complexity index is 1190. The van der Waals surface area contributed by atoms with Gasteiger partial charge in [-0.1, -0.05) is 66.2 Å². The van der Waals surface area contributed by atoms with E-state index in [-0.39, 0.29) is 35.9 Å². The molecule has 0 saturated carbocycles. The quantitative estimate of drug-likeness (QED) is 0.217. The molecule has 3 aromatic carbocycles. The van der Waals surface area contributed by atoms with Crippen LogP contribution in [-0.2, 0) is 23.8 Å². The standard InChI is InChI=1S/C32H38ClF3N2O2.ClH/c33-31-26(10-6-14-30(31)32(34,35)36)22-29(13-5-11-27(23-37)25-8-2-1-3-9-25)40-28-12-4-7-24(21-28)15-16-38-17-19-39-20-18-38;/h1-4,6-10,12,14,21,27,29H,5,11,13,15-20,22-23,37H2;1H/t27-,29?;/m1./s1. The minimum atomic E-state index is -4.51. The van der Waals surface area contributed by atoms with Gasteiger partial charge in [0.25, 0.3) is 0 Å². The van der Waals surface area contributed by atoms with Gasteiger partial charge in [-0.25, -0.2) is 0 Å². The van der Waals surface area contributed by atoms with Crippen LogP contribution in [0.5, 0.6) is 5.75 Å². The zero-order valence-electron chi connectivity index (χ0n) is 23.1. The maximum atomic E-state index is 13.5. The first-order valence-corrected chi connectivity index (χ1v) is 14.4. The van der Waals surface area contributed by atoms with E-state index >= 15 is 0 Å². The van der Waals surface area contributed by atoms with Crippen LogP contribution in [0, 0.1) is 0 Å². The summed E-state index contributed by atoms with van der Waals surface area (Å²) in [6.07, 6.45) is -1.36. The molecule has 0 spiro atoms. The van der Waals surface area contributed by atoms with E-state index in [4.69, 9.17) is 26.8 Å². The number of morpholine rings is 1. The summed E-state index contributed by atoms with van der Waals surface area (Å²) in [5, 5.41) is -0.257. The van der Waals surface area contributed by atoms with Crippen LogP contribution in [0.25, 0.3) is 0 Å². The molecule has 1 saturated heterocycles. The lowest BCUT2D eigenvalue weighted by atomic mass is 9.92. The molecular weight excluding hydrogens is 572 g/mol. The minimum absolute atomic E-state index is 0. The lowest BCUT2D eigenvalue weighted by molar-refractivity contribution is -0.137. The largest absolute Gasteiger partial charge is 0.490 e. The maximum absolute atomic E-state index is 13.5. The van der Waals surface area contributed by atoms with E-state index in [1.54, 1.807) is 6.07 Å². The second-order valence-corrected chi connectivity index (χ2v) is 10.7. The number of benzene rings is 3. The first kappa shape index (κ1) is 33.2. The third-order valence-corrected chi connectivity index (χ3v) is 7.93. The minimum Gasteiger partial charge on any atom is -0.490 e. The van der Waals surface area contributed by atoms with Crippen molar-refractivity contribution in [3.8, 4) is 5.75 Å². The fourth-order valence-corrected chi connectivity index (χ4v) is 5.53. The number of rotatable bonds is 13. The molecule has 4 nitrogen and oxygen atoms in total. The summed E-state index contributed by atoms with van der Waals surface area (Å²) in [6, 6.07) is 22.2. The zero-order valence-corrected chi connectivity index (χ0v) is 24.7. The third kappa shape index (κ3) is 10.2. The number of hydrogen-bond donors (Lipinski definition) is 1. The van der Waals surface area contributed by atoms with Gasteiger partial charge in [0.05, 0.1) is 23.8 Å². The van der Waals surface area contributed by atoms with Gasteiger partial charge in [0.2, 0.25) is 0 Å². The second kappa shape index (κ2) is 16.4. The van der Waals surface area contributed by atoms with Gasteiger partial charge in [-0.3, -0.25) is 4.90 Å². The highest BCUT2D eigenvalue weighted by molar-refractivity contribution is 6.32. The highest BCUT2D eigenvalue weighted by Crippen LogP contribution is 2.37. The Labute approximate surface area is 252 Å². The highest BCUT2D eigenvalue weighted by Gasteiger charge is 2.34. The topological polar surface area (TPSA) is 47.7 Å². The average molecular weight is 612 g/mol. The van der Waals surface area contributed by atoms with E-state index < -0.39 is 11.7 Å². The first-order valence-electron chi connectivity index (χ1n) is 14.0. The number of ether oxygens (including phenoxy) is 2. The van der Waals surface area contributed by atoms with E-state index in [9.17, 15) is 13.2 Å². The van der Waals surface area contributed by atoms with Crippen molar-refractivity contribution in [1.29, 1.82) is 0 Å². The molecule has 4 rings (SSSR count). The van der Waals surface area contributed by atoms with Crippen molar-refractivity contribution in [2.75, 3.05) is 39.4 Å². The van der Waals surface area contributed by atoms with Crippen LogP contribution in [0.15, 0.2) is 72.8 Å². The molecule has 0 radical (unpaired) electrons. The number of alkyl halides is 3.